The highest BCUT2D eigenvalue weighted by atomic mass is 32.2. The van der Waals surface area contributed by atoms with Crippen molar-refractivity contribution in [1.29, 1.82) is 0 Å². The fourth-order valence-corrected chi connectivity index (χ4v) is 7.46. The van der Waals surface area contributed by atoms with E-state index in [4.69, 9.17) is 34.5 Å². The summed E-state index contributed by atoms with van der Waals surface area (Å²) in [6.07, 6.45) is 3.62. The van der Waals surface area contributed by atoms with E-state index in [0.29, 0.717) is 60.1 Å². The first-order valence-electron chi connectivity index (χ1n) is 23.8. The molecule has 3 unspecified atom stereocenters. The molecule has 0 heterocycles. The fourth-order valence-electron chi connectivity index (χ4n) is 6.67. The lowest BCUT2D eigenvalue weighted by atomic mass is 9.79. The van der Waals surface area contributed by atoms with Crippen molar-refractivity contribution in [2.45, 2.75) is 124 Å². The summed E-state index contributed by atoms with van der Waals surface area (Å²) < 4.78 is 89.0. The summed E-state index contributed by atoms with van der Waals surface area (Å²) >= 11 is 6.03. The van der Waals surface area contributed by atoms with Crippen LogP contribution in [0.2, 0.25) is 0 Å². The van der Waals surface area contributed by atoms with Crippen LogP contribution in [0.15, 0.2) is 72.8 Å². The molecule has 0 aromatic heterocycles. The van der Waals surface area contributed by atoms with Gasteiger partial charge in [0.25, 0.3) is 0 Å². The van der Waals surface area contributed by atoms with E-state index in [2.05, 4.69) is 45.0 Å². The van der Waals surface area contributed by atoms with Gasteiger partial charge in [-0.15, -0.1) is 0 Å². The van der Waals surface area contributed by atoms with Crippen LogP contribution in [0.3, 0.4) is 0 Å². The summed E-state index contributed by atoms with van der Waals surface area (Å²) in [6.45, 7) is 21.5. The van der Waals surface area contributed by atoms with Gasteiger partial charge in [-0.05, 0) is 166 Å². The molecule has 0 aliphatic heterocycles. The number of nitrogens with one attached hydrogen (secondary N) is 1. The number of ether oxygens (including phenoxy) is 5. The normalized spacial score (nSPS) is 14.7. The zero-order valence-electron chi connectivity index (χ0n) is 42.4. The van der Waals surface area contributed by atoms with Crippen LogP contribution >= 0.6 is 24.6 Å². The molecular formula is C54H80F4N2O6S2. The van der Waals surface area contributed by atoms with Crippen LogP contribution in [0.1, 0.15) is 118 Å². The van der Waals surface area contributed by atoms with Gasteiger partial charge in [0, 0.05) is 58.5 Å². The highest BCUT2D eigenvalue weighted by Crippen LogP contribution is 2.50. The van der Waals surface area contributed by atoms with E-state index in [1.165, 1.54) is 24.3 Å². The number of fused-ring (bicyclic) bond motifs is 3. The molecule has 4 aromatic carbocycles. The van der Waals surface area contributed by atoms with E-state index in [9.17, 15) is 17.6 Å². The van der Waals surface area contributed by atoms with Gasteiger partial charge in [0.2, 0.25) is 0 Å². The van der Waals surface area contributed by atoms with Crippen LogP contribution in [0, 0.1) is 29.2 Å². The Morgan fingerprint density at radius 3 is 1.54 bits per heavy atom. The number of thiol groups is 1. The van der Waals surface area contributed by atoms with Crippen molar-refractivity contribution in [1.82, 2.24) is 4.72 Å². The molecule has 0 bridgehead atoms. The second kappa shape index (κ2) is 32.1. The predicted octanol–water partition coefficient (Wildman–Crippen LogP) is 13.4. The Labute approximate surface area is 415 Å². The molecule has 68 heavy (non-hydrogen) atoms. The largest absolute Gasteiger partial charge is 0.393 e. The second-order valence-electron chi connectivity index (χ2n) is 18.0. The van der Waals surface area contributed by atoms with Crippen molar-refractivity contribution in [3.63, 3.8) is 0 Å². The number of hydrogen-bond acceptors (Lipinski definition) is 10. The molecule has 0 radical (unpaired) electrons. The molecule has 1 aliphatic rings. The first kappa shape index (κ1) is 61.1. The molecular weight excluding hydrogens is 913 g/mol. The maximum atomic E-state index is 14.2. The van der Waals surface area contributed by atoms with Crippen LogP contribution in [-0.4, -0.2) is 87.7 Å². The molecule has 4 aromatic rings. The quantitative estimate of drug-likeness (QED) is 0.0236. The fraction of sp³-hybridized carbons (Fsp3) is 0.556. The first-order valence-corrected chi connectivity index (χ1v) is 25.4. The Hall–Kier alpha value is -3.02. The monoisotopic (exact) mass is 993 g/mol. The van der Waals surface area contributed by atoms with E-state index in [1.807, 2.05) is 71.0 Å². The van der Waals surface area contributed by atoms with Crippen molar-refractivity contribution in [3.8, 4) is 33.4 Å². The number of rotatable bonds is 24. The Bertz CT molecular complexity index is 2000. The smallest absolute Gasteiger partial charge is 0.126 e. The van der Waals surface area contributed by atoms with Crippen LogP contribution in [0.5, 0.6) is 0 Å². The SMILES string of the molecule is CC.CC(C)CCNSCCCOC1c2cc(-c3cc(F)cc(F)c3)ccc2-c2ccc(-c3cc(F)cc(F)c3)cc2C1OCCCS.COC(C)(C)CCOC(C)CCN.COC(C)(C)CO. The topological polar surface area (TPSA) is 104 Å². The average molecular weight is 993 g/mol. The lowest BCUT2D eigenvalue weighted by Crippen LogP contribution is -2.26. The Kier molecular flexibility index (Phi) is 28.8. The van der Waals surface area contributed by atoms with Gasteiger partial charge >= 0.3 is 0 Å². The molecule has 0 fully saturated rings. The predicted molar refractivity (Wildman–Crippen MR) is 277 cm³/mol. The minimum atomic E-state index is -0.654. The summed E-state index contributed by atoms with van der Waals surface area (Å²) in [4.78, 5) is 0. The number of halogens is 4. The zero-order chi connectivity index (χ0) is 50.9. The van der Waals surface area contributed by atoms with Gasteiger partial charge in [0.05, 0.1) is 23.9 Å². The second-order valence-corrected chi connectivity index (χ2v) is 19.4. The van der Waals surface area contributed by atoms with Gasteiger partial charge in [-0.25, -0.2) is 17.6 Å². The van der Waals surface area contributed by atoms with Gasteiger partial charge in [-0.2, -0.15) is 12.6 Å². The molecule has 382 valence electrons. The number of benzene rings is 4. The molecule has 5 rings (SSSR count). The van der Waals surface area contributed by atoms with Crippen LogP contribution < -0.4 is 10.5 Å². The molecule has 0 saturated heterocycles. The molecule has 14 heteroatoms. The van der Waals surface area contributed by atoms with E-state index in [1.54, 1.807) is 26.2 Å². The third-order valence-electron chi connectivity index (χ3n) is 11.1. The van der Waals surface area contributed by atoms with Crippen LogP contribution in [0.25, 0.3) is 33.4 Å². The maximum absolute atomic E-state index is 14.2. The third kappa shape index (κ3) is 21.5. The van der Waals surface area contributed by atoms with Crippen molar-refractivity contribution in [2.75, 3.05) is 65.2 Å². The maximum Gasteiger partial charge on any atom is 0.126 e. The first-order chi connectivity index (χ1) is 32.4. The molecule has 0 amide bonds. The molecule has 3 atom stereocenters. The lowest BCUT2D eigenvalue weighted by molar-refractivity contribution is -0.0787. The Balaban J connectivity index is 0.000000599. The molecule has 4 N–H and O–H groups in total. The van der Waals surface area contributed by atoms with Crippen molar-refractivity contribution in [3.05, 3.63) is 107 Å². The van der Waals surface area contributed by atoms with E-state index < -0.39 is 35.5 Å². The zero-order valence-corrected chi connectivity index (χ0v) is 44.1. The summed E-state index contributed by atoms with van der Waals surface area (Å²) in [5.41, 5.74) is 10.6. The molecule has 1 aliphatic carbocycles. The van der Waals surface area contributed by atoms with Crippen molar-refractivity contribution < 1.29 is 46.4 Å². The van der Waals surface area contributed by atoms with E-state index in [0.717, 1.165) is 79.0 Å². The highest BCUT2D eigenvalue weighted by molar-refractivity contribution is 7.97. The van der Waals surface area contributed by atoms with Crippen molar-refractivity contribution >= 4 is 24.6 Å². The van der Waals surface area contributed by atoms with E-state index >= 15 is 0 Å². The van der Waals surface area contributed by atoms with Crippen LogP contribution in [0.4, 0.5) is 17.6 Å². The third-order valence-corrected chi connectivity index (χ3v) is 12.3. The molecule has 0 spiro atoms. The highest BCUT2D eigenvalue weighted by Gasteiger charge is 2.36. The Morgan fingerprint density at radius 1 is 0.676 bits per heavy atom. The van der Waals surface area contributed by atoms with Gasteiger partial charge < -0.3 is 34.5 Å². The Morgan fingerprint density at radius 2 is 1.15 bits per heavy atom. The standard InChI is InChI=1S/C37H39F4NO2S2.C10H23NO2.C5H12O2.C2H6/c1-23(2)9-10-42-46-14-4-12-44-37-35-20-25(27-17-30(40)22-31(41)18-27)6-8-33(35)32-7-5-24(26-15-28(38)21-29(39)16-26)19-34(32)36(37)43-11-3-13-45;1-9(5-7-11)13-8-6-10(2,3)12-4;1-5(2,4-6)7-3;1-2/h5-8,15-23,36-37,42,45H,3-4,9-14H2,1-2H3;9H,5-8,11H2,1-4H3;6H,4H2,1-3H3;1-2H3. The summed E-state index contributed by atoms with van der Waals surface area (Å²) in [6, 6.07) is 18.3. The number of hydrogen-bond donors (Lipinski definition) is 4. The summed E-state index contributed by atoms with van der Waals surface area (Å²) in [5.74, 6) is -0.478. The lowest BCUT2D eigenvalue weighted by Gasteiger charge is -2.36. The summed E-state index contributed by atoms with van der Waals surface area (Å²) in [7, 11) is 3.31. The molecule has 0 saturated carbocycles. The van der Waals surface area contributed by atoms with Gasteiger partial charge in [0.15, 0.2) is 0 Å². The minimum Gasteiger partial charge on any atom is -0.393 e. The van der Waals surface area contributed by atoms with Crippen LogP contribution in [-0.2, 0) is 23.7 Å². The van der Waals surface area contributed by atoms with Crippen molar-refractivity contribution in [2.24, 2.45) is 11.7 Å². The summed E-state index contributed by atoms with van der Waals surface area (Å²) in [5, 5.41) is 8.47. The van der Waals surface area contributed by atoms with E-state index in [-0.39, 0.29) is 23.9 Å². The number of nitrogens with two attached hydrogens (primary N) is 1. The van der Waals surface area contributed by atoms with Gasteiger partial charge in [-0.1, -0.05) is 63.9 Å². The average Bonchev–Trinajstić information content (AvgIpc) is 3.30. The number of aliphatic hydroxyl groups is 1. The number of methoxy groups -OCH3 is 2. The van der Waals surface area contributed by atoms with Gasteiger partial charge in [-0.3, -0.25) is 4.72 Å². The molecule has 8 nitrogen and oxygen atoms in total. The minimum absolute atomic E-state index is 0.0729. The van der Waals surface area contributed by atoms with Gasteiger partial charge in [0.1, 0.15) is 35.5 Å². The number of aliphatic hydroxyl groups excluding tert-OH is 1.